The van der Waals surface area contributed by atoms with Gasteiger partial charge in [0.1, 0.15) is 11.0 Å². The monoisotopic (exact) mass is 519 g/mol. The van der Waals surface area contributed by atoms with E-state index in [-0.39, 0.29) is 9.80 Å². The molecule has 9 heteroatoms. The van der Waals surface area contributed by atoms with Crippen LogP contribution >= 0.6 is 11.6 Å². The molecule has 0 aliphatic rings. The van der Waals surface area contributed by atoms with Crippen molar-refractivity contribution < 1.29 is 17.9 Å². The molecular formula is C27H22ClN3O4S. The number of ether oxygens (including phenoxy) is 2. The number of allylic oxidation sites excluding steroid dienone is 1. The van der Waals surface area contributed by atoms with Gasteiger partial charge in [0.2, 0.25) is 9.84 Å². The molecule has 0 saturated carbocycles. The molecule has 182 valence electrons. The number of rotatable bonds is 8. The molecule has 36 heavy (non-hydrogen) atoms. The minimum Gasteiger partial charge on any atom is -0.493 e. The summed E-state index contributed by atoms with van der Waals surface area (Å²) in [5.74, 6) is 1.04. The van der Waals surface area contributed by atoms with Gasteiger partial charge in [-0.15, -0.1) is 0 Å². The average molecular weight is 520 g/mol. The van der Waals surface area contributed by atoms with Crippen LogP contribution in [0, 0.1) is 11.3 Å². The van der Waals surface area contributed by atoms with Crippen LogP contribution in [0.1, 0.15) is 11.1 Å². The van der Waals surface area contributed by atoms with Crippen molar-refractivity contribution in [1.29, 1.82) is 5.26 Å². The van der Waals surface area contributed by atoms with Crippen LogP contribution in [0.3, 0.4) is 0 Å². The van der Waals surface area contributed by atoms with Crippen LogP contribution in [0.25, 0.3) is 17.3 Å². The van der Waals surface area contributed by atoms with E-state index < -0.39 is 9.84 Å². The van der Waals surface area contributed by atoms with E-state index in [4.69, 9.17) is 26.2 Å². The number of hydrogen-bond donors (Lipinski definition) is 0. The van der Waals surface area contributed by atoms with E-state index >= 15 is 0 Å². The first-order chi connectivity index (χ1) is 17.3. The number of hydrogen-bond acceptors (Lipinski definition) is 6. The predicted octanol–water partition coefficient (Wildman–Crippen LogP) is 5.61. The summed E-state index contributed by atoms with van der Waals surface area (Å²) in [6, 6.07) is 22.3. The topological polar surface area (TPSA) is 94.2 Å². The van der Waals surface area contributed by atoms with Gasteiger partial charge in [-0.2, -0.15) is 10.4 Å². The smallest absolute Gasteiger partial charge is 0.216 e. The Kier molecular flexibility index (Phi) is 7.44. The molecule has 0 aliphatic carbocycles. The number of aromatic nitrogens is 2. The fourth-order valence-corrected chi connectivity index (χ4v) is 4.94. The third-order valence-corrected chi connectivity index (χ3v) is 7.38. The minimum atomic E-state index is -4.02. The Morgan fingerprint density at radius 1 is 1.03 bits per heavy atom. The van der Waals surface area contributed by atoms with Gasteiger partial charge in [-0.05, 0) is 54.1 Å². The van der Waals surface area contributed by atoms with Crippen molar-refractivity contribution in [2.75, 3.05) is 14.2 Å². The van der Waals surface area contributed by atoms with Crippen molar-refractivity contribution in [3.8, 4) is 28.8 Å². The lowest BCUT2D eigenvalue weighted by Gasteiger charge is -2.09. The molecule has 0 unspecified atom stereocenters. The zero-order valence-corrected chi connectivity index (χ0v) is 21.1. The molecule has 0 saturated heterocycles. The van der Waals surface area contributed by atoms with Gasteiger partial charge in [-0.25, -0.2) is 8.42 Å². The number of halogens is 1. The summed E-state index contributed by atoms with van der Waals surface area (Å²) in [5.41, 5.74) is 2.57. The fraction of sp³-hybridized carbons (Fsp3) is 0.111. The largest absolute Gasteiger partial charge is 0.493 e. The fourth-order valence-electron chi connectivity index (χ4n) is 3.65. The Morgan fingerprint density at radius 2 is 1.72 bits per heavy atom. The summed E-state index contributed by atoms with van der Waals surface area (Å²) in [7, 11) is -0.951. The highest BCUT2D eigenvalue weighted by molar-refractivity contribution is 7.95. The molecular weight excluding hydrogens is 498 g/mol. The molecule has 0 spiro atoms. The molecule has 1 aromatic heterocycles. The quantitative estimate of drug-likeness (QED) is 0.281. The first-order valence-electron chi connectivity index (χ1n) is 10.8. The standard InChI is InChI=1S/C27H22ClN3O4S/c1-34-25-13-10-20(15-26(25)35-2)27-21(18-31(30-27)17-19-8-11-22(28)12-9-19)14-24(16-29)36(32,33)23-6-4-3-5-7-23/h3-15,18H,17H2,1-2H3. The maximum atomic E-state index is 13.2. The van der Waals surface area contributed by atoms with E-state index in [1.54, 1.807) is 66.5 Å². The van der Waals surface area contributed by atoms with E-state index in [1.165, 1.54) is 25.3 Å². The molecule has 0 atom stereocenters. The van der Waals surface area contributed by atoms with Crippen LogP contribution in [-0.2, 0) is 16.4 Å². The van der Waals surface area contributed by atoms with E-state index in [0.717, 1.165) is 5.56 Å². The first-order valence-corrected chi connectivity index (χ1v) is 12.7. The number of sulfone groups is 1. The second-order valence-corrected chi connectivity index (χ2v) is 10.1. The van der Waals surface area contributed by atoms with E-state index in [9.17, 15) is 13.7 Å². The lowest BCUT2D eigenvalue weighted by Crippen LogP contribution is -2.03. The van der Waals surface area contributed by atoms with Crippen molar-refractivity contribution in [2.24, 2.45) is 0 Å². The highest BCUT2D eigenvalue weighted by atomic mass is 35.5. The van der Waals surface area contributed by atoms with Crippen LogP contribution in [0.15, 0.2) is 88.8 Å². The average Bonchev–Trinajstić information content (AvgIpc) is 3.30. The molecule has 1 heterocycles. The van der Waals surface area contributed by atoms with Crippen LogP contribution in [-0.4, -0.2) is 32.4 Å². The van der Waals surface area contributed by atoms with E-state index in [2.05, 4.69) is 0 Å². The molecule has 0 bridgehead atoms. The highest BCUT2D eigenvalue weighted by Gasteiger charge is 2.22. The molecule has 0 radical (unpaired) electrons. The van der Waals surface area contributed by atoms with Crippen molar-refractivity contribution in [3.63, 3.8) is 0 Å². The highest BCUT2D eigenvalue weighted by Crippen LogP contribution is 2.34. The minimum absolute atomic E-state index is 0.0408. The normalized spacial score (nSPS) is 11.7. The summed E-state index contributed by atoms with van der Waals surface area (Å²) in [4.78, 5) is -0.347. The molecule has 7 nitrogen and oxygen atoms in total. The SMILES string of the molecule is COc1ccc(-c2nn(Cc3ccc(Cl)cc3)cc2C=C(C#N)S(=O)(=O)c2ccccc2)cc1OC. The Bertz CT molecular complexity index is 1560. The molecule has 0 fully saturated rings. The van der Waals surface area contributed by atoms with Gasteiger partial charge in [0, 0.05) is 22.3 Å². The van der Waals surface area contributed by atoms with E-state index in [1.807, 2.05) is 18.2 Å². The second kappa shape index (κ2) is 10.7. The third-order valence-electron chi connectivity index (χ3n) is 5.44. The van der Waals surface area contributed by atoms with Crippen molar-refractivity contribution in [1.82, 2.24) is 9.78 Å². The van der Waals surface area contributed by atoms with Crippen LogP contribution in [0.4, 0.5) is 0 Å². The van der Waals surface area contributed by atoms with Crippen LogP contribution < -0.4 is 9.47 Å². The Labute approximate surface area is 214 Å². The zero-order chi connectivity index (χ0) is 25.7. The molecule has 0 N–H and O–H groups in total. The van der Waals surface area contributed by atoms with Gasteiger partial charge >= 0.3 is 0 Å². The van der Waals surface area contributed by atoms with Gasteiger partial charge in [0.15, 0.2) is 11.5 Å². The number of benzene rings is 3. The van der Waals surface area contributed by atoms with Gasteiger partial charge in [-0.3, -0.25) is 4.68 Å². The van der Waals surface area contributed by atoms with Gasteiger partial charge < -0.3 is 9.47 Å². The van der Waals surface area contributed by atoms with Gasteiger partial charge in [0.05, 0.1) is 31.4 Å². The maximum absolute atomic E-state index is 13.2. The molecule has 0 aliphatic heterocycles. The lowest BCUT2D eigenvalue weighted by molar-refractivity contribution is 0.355. The van der Waals surface area contributed by atoms with E-state index in [0.29, 0.717) is 39.9 Å². The summed E-state index contributed by atoms with van der Waals surface area (Å²) in [6.07, 6.45) is 3.05. The van der Waals surface area contributed by atoms with Crippen molar-refractivity contribution in [3.05, 3.63) is 100 Å². The zero-order valence-electron chi connectivity index (χ0n) is 19.6. The molecule has 4 rings (SSSR count). The molecule has 3 aromatic carbocycles. The maximum Gasteiger partial charge on any atom is 0.216 e. The first kappa shape index (κ1) is 25.0. The second-order valence-electron chi connectivity index (χ2n) is 7.76. The van der Waals surface area contributed by atoms with Crippen LogP contribution in [0.5, 0.6) is 11.5 Å². The summed E-state index contributed by atoms with van der Waals surface area (Å²) in [5, 5.41) is 15.1. The molecule has 4 aromatic rings. The van der Waals surface area contributed by atoms with Crippen molar-refractivity contribution in [2.45, 2.75) is 11.4 Å². The summed E-state index contributed by atoms with van der Waals surface area (Å²) >= 11 is 6.00. The Balaban J connectivity index is 1.85. The third kappa shape index (κ3) is 5.28. The number of nitriles is 1. The Hall–Kier alpha value is -4.06. The molecule has 0 amide bonds. The van der Waals surface area contributed by atoms with Gasteiger partial charge in [0.25, 0.3) is 0 Å². The van der Waals surface area contributed by atoms with Crippen LogP contribution in [0.2, 0.25) is 5.02 Å². The summed E-state index contributed by atoms with van der Waals surface area (Å²) in [6.45, 7) is 0.415. The number of nitrogens with zero attached hydrogens (tertiary/aromatic N) is 3. The van der Waals surface area contributed by atoms with Gasteiger partial charge in [-0.1, -0.05) is 41.9 Å². The van der Waals surface area contributed by atoms with Crippen molar-refractivity contribution >= 4 is 27.5 Å². The number of methoxy groups -OCH3 is 2. The lowest BCUT2D eigenvalue weighted by atomic mass is 10.1. The predicted molar refractivity (Wildman–Crippen MR) is 139 cm³/mol. The Morgan fingerprint density at radius 3 is 2.36 bits per heavy atom. The summed E-state index contributed by atoms with van der Waals surface area (Å²) < 4.78 is 38.8.